The summed E-state index contributed by atoms with van der Waals surface area (Å²) in [5, 5.41) is 32.4. The molecule has 3 rings (SSSR count). The monoisotopic (exact) mass is 459 g/mol. The largest absolute Gasteiger partial charge is 0.507 e. The van der Waals surface area contributed by atoms with Gasteiger partial charge in [0.2, 0.25) is 0 Å². The minimum Gasteiger partial charge on any atom is -0.507 e. The third kappa shape index (κ3) is 4.58. The van der Waals surface area contributed by atoms with Crippen LogP contribution in [-0.4, -0.2) is 63.8 Å². The number of halogens is 1. The van der Waals surface area contributed by atoms with E-state index in [0.717, 1.165) is 0 Å². The molecule has 2 aromatic carbocycles. The van der Waals surface area contributed by atoms with E-state index in [9.17, 15) is 29.9 Å². The summed E-state index contributed by atoms with van der Waals surface area (Å²) >= 11 is 5.98. The molecule has 1 amide bonds. The Kier molecular flexibility index (Phi) is 6.81. The number of benzene rings is 2. The summed E-state index contributed by atoms with van der Waals surface area (Å²) in [6, 6.07) is 8.43. The van der Waals surface area contributed by atoms with Gasteiger partial charge in [0.25, 0.3) is 17.4 Å². The predicted molar refractivity (Wildman–Crippen MR) is 118 cm³/mol. The number of carbonyl (C=O) groups is 2. The molecule has 1 aliphatic heterocycles. The van der Waals surface area contributed by atoms with E-state index >= 15 is 0 Å². The number of amides is 1. The highest BCUT2D eigenvalue weighted by Gasteiger charge is 2.46. The second kappa shape index (κ2) is 9.37. The van der Waals surface area contributed by atoms with E-state index in [2.05, 4.69) is 0 Å². The Morgan fingerprint density at radius 1 is 1.19 bits per heavy atom. The predicted octanol–water partition coefficient (Wildman–Crippen LogP) is 3.33. The fourth-order valence-electron chi connectivity index (χ4n) is 3.64. The van der Waals surface area contributed by atoms with Crippen LogP contribution in [0.2, 0.25) is 5.02 Å². The van der Waals surface area contributed by atoms with Crippen LogP contribution < -0.4 is 0 Å². The van der Waals surface area contributed by atoms with Gasteiger partial charge in [0, 0.05) is 23.7 Å². The standard InChI is InChI=1S/C22H22ClN3O6/c1-24(2)10-3-11-25-19(13-4-7-15(8-5-13)26(31)32)18(21(29)22(25)30)20(28)16-12-14(23)6-9-17(16)27/h4-9,12,19,27-28H,3,10-11H2,1-2H3/b20-18-. The van der Waals surface area contributed by atoms with Crippen LogP contribution in [0.4, 0.5) is 5.69 Å². The highest BCUT2D eigenvalue weighted by molar-refractivity contribution is 6.46. The normalized spacial score (nSPS) is 17.9. The van der Waals surface area contributed by atoms with E-state index in [1.807, 2.05) is 19.0 Å². The number of rotatable bonds is 7. The summed E-state index contributed by atoms with van der Waals surface area (Å²) in [7, 11) is 3.76. The maximum atomic E-state index is 12.9. The summed E-state index contributed by atoms with van der Waals surface area (Å²) in [5.74, 6) is -2.58. The average molecular weight is 460 g/mol. The van der Waals surface area contributed by atoms with Crippen LogP contribution >= 0.6 is 11.6 Å². The van der Waals surface area contributed by atoms with Crippen molar-refractivity contribution in [2.75, 3.05) is 27.2 Å². The van der Waals surface area contributed by atoms with Crippen molar-refractivity contribution in [3.63, 3.8) is 0 Å². The van der Waals surface area contributed by atoms with Crippen LogP contribution in [0.1, 0.15) is 23.6 Å². The number of non-ortho nitro benzene ring substituents is 1. The number of ketones is 1. The molecule has 0 aliphatic carbocycles. The number of aliphatic hydroxyl groups is 1. The molecule has 1 atom stereocenters. The van der Waals surface area contributed by atoms with Crippen molar-refractivity contribution in [2.45, 2.75) is 12.5 Å². The lowest BCUT2D eigenvalue weighted by Crippen LogP contribution is -2.32. The maximum Gasteiger partial charge on any atom is 0.295 e. The second-order valence-corrected chi connectivity index (χ2v) is 8.10. The number of nitro groups is 1. The van der Waals surface area contributed by atoms with Crippen LogP contribution in [-0.2, 0) is 9.59 Å². The molecule has 1 unspecified atom stereocenters. The number of carbonyl (C=O) groups excluding carboxylic acids is 2. The summed E-state index contributed by atoms with van der Waals surface area (Å²) in [4.78, 5) is 39.5. The summed E-state index contributed by atoms with van der Waals surface area (Å²) in [6.45, 7) is 0.883. The van der Waals surface area contributed by atoms with E-state index < -0.39 is 28.4 Å². The van der Waals surface area contributed by atoms with Crippen LogP contribution in [0.15, 0.2) is 48.0 Å². The maximum absolute atomic E-state index is 12.9. The minimum absolute atomic E-state index is 0.0873. The first-order valence-corrected chi connectivity index (χ1v) is 10.2. The number of phenols is 1. The van der Waals surface area contributed by atoms with Gasteiger partial charge < -0.3 is 20.0 Å². The molecule has 1 heterocycles. The van der Waals surface area contributed by atoms with Crippen molar-refractivity contribution in [1.29, 1.82) is 0 Å². The summed E-state index contributed by atoms with van der Waals surface area (Å²) < 4.78 is 0. The molecule has 0 bridgehead atoms. The van der Waals surface area contributed by atoms with E-state index in [-0.39, 0.29) is 34.1 Å². The smallest absolute Gasteiger partial charge is 0.295 e. The number of nitrogens with zero attached hydrogens (tertiary/aromatic N) is 3. The van der Waals surface area contributed by atoms with Gasteiger partial charge in [-0.3, -0.25) is 19.7 Å². The van der Waals surface area contributed by atoms with Crippen molar-refractivity contribution in [3.05, 3.63) is 74.3 Å². The lowest BCUT2D eigenvalue weighted by molar-refractivity contribution is -0.384. The zero-order chi connectivity index (χ0) is 23.6. The molecule has 1 fully saturated rings. The molecule has 0 radical (unpaired) electrons. The Morgan fingerprint density at radius 2 is 1.84 bits per heavy atom. The van der Waals surface area contributed by atoms with Gasteiger partial charge in [0.15, 0.2) is 0 Å². The summed E-state index contributed by atoms with van der Waals surface area (Å²) in [5.41, 5.74) is -0.0320. The van der Waals surface area contributed by atoms with Crippen molar-refractivity contribution >= 4 is 34.7 Å². The lowest BCUT2D eigenvalue weighted by atomic mass is 9.95. The van der Waals surface area contributed by atoms with Crippen LogP contribution in [0.25, 0.3) is 5.76 Å². The molecule has 168 valence electrons. The first kappa shape index (κ1) is 23.2. The number of Topliss-reactive ketones (excluding diaryl/α,β-unsaturated/α-hetero) is 1. The number of hydrogen-bond donors (Lipinski definition) is 2. The summed E-state index contributed by atoms with van der Waals surface area (Å²) in [6.07, 6.45) is 0.561. The quantitative estimate of drug-likeness (QED) is 0.214. The van der Waals surface area contributed by atoms with Gasteiger partial charge in [-0.25, -0.2) is 0 Å². The zero-order valence-electron chi connectivity index (χ0n) is 17.5. The van der Waals surface area contributed by atoms with Gasteiger partial charge in [-0.1, -0.05) is 11.6 Å². The van der Waals surface area contributed by atoms with E-state index in [4.69, 9.17) is 11.6 Å². The topological polar surface area (TPSA) is 124 Å². The zero-order valence-corrected chi connectivity index (χ0v) is 18.2. The minimum atomic E-state index is -0.976. The third-order valence-electron chi connectivity index (χ3n) is 5.18. The van der Waals surface area contributed by atoms with Gasteiger partial charge in [0.05, 0.1) is 22.1 Å². The molecule has 2 N–H and O–H groups in total. The molecule has 1 saturated heterocycles. The highest BCUT2D eigenvalue weighted by Crippen LogP contribution is 2.41. The number of aliphatic hydroxyl groups excluding tert-OH is 1. The highest BCUT2D eigenvalue weighted by atomic mass is 35.5. The number of phenolic OH excluding ortho intramolecular Hbond substituents is 1. The molecule has 1 aliphatic rings. The van der Waals surface area contributed by atoms with Crippen molar-refractivity contribution in [2.24, 2.45) is 0 Å². The van der Waals surface area contributed by atoms with Crippen molar-refractivity contribution in [3.8, 4) is 5.75 Å². The molecule has 9 nitrogen and oxygen atoms in total. The van der Waals surface area contributed by atoms with E-state index in [0.29, 0.717) is 18.5 Å². The Morgan fingerprint density at radius 3 is 2.44 bits per heavy atom. The Hall–Kier alpha value is -3.43. The number of likely N-dealkylation sites (tertiary alicyclic amines) is 1. The van der Waals surface area contributed by atoms with Crippen LogP contribution in [0, 0.1) is 10.1 Å². The van der Waals surface area contributed by atoms with Crippen molar-refractivity contribution in [1.82, 2.24) is 9.80 Å². The van der Waals surface area contributed by atoms with Crippen LogP contribution in [0.5, 0.6) is 5.75 Å². The van der Waals surface area contributed by atoms with Gasteiger partial charge in [-0.15, -0.1) is 0 Å². The first-order valence-electron chi connectivity index (χ1n) is 9.78. The van der Waals surface area contributed by atoms with E-state index in [1.54, 1.807) is 0 Å². The lowest BCUT2D eigenvalue weighted by Gasteiger charge is -2.26. The Bertz CT molecular complexity index is 1100. The number of aromatic hydroxyl groups is 1. The molecular formula is C22H22ClN3O6. The molecule has 0 saturated carbocycles. The molecule has 10 heteroatoms. The fraction of sp³-hybridized carbons (Fsp3) is 0.273. The van der Waals surface area contributed by atoms with Gasteiger partial charge in [-0.05, 0) is 63.0 Å². The first-order chi connectivity index (χ1) is 15.1. The van der Waals surface area contributed by atoms with Gasteiger partial charge in [0.1, 0.15) is 11.5 Å². The number of hydrogen-bond acceptors (Lipinski definition) is 7. The Labute approximate surface area is 189 Å². The second-order valence-electron chi connectivity index (χ2n) is 7.66. The van der Waals surface area contributed by atoms with Gasteiger partial charge in [-0.2, -0.15) is 0 Å². The molecule has 0 aromatic heterocycles. The third-order valence-corrected chi connectivity index (χ3v) is 5.41. The van der Waals surface area contributed by atoms with Gasteiger partial charge >= 0.3 is 0 Å². The number of nitro benzene ring substituents is 1. The molecule has 32 heavy (non-hydrogen) atoms. The molecule has 0 spiro atoms. The fourth-order valence-corrected chi connectivity index (χ4v) is 3.81. The molecular weight excluding hydrogens is 438 g/mol. The average Bonchev–Trinajstić information content (AvgIpc) is 2.99. The molecule has 2 aromatic rings. The SMILES string of the molecule is CN(C)CCCN1C(=O)C(=O)/C(=C(\O)c2cc(Cl)ccc2O)C1c1ccc([N+](=O)[O-])cc1. The van der Waals surface area contributed by atoms with Crippen LogP contribution in [0.3, 0.4) is 0 Å². The van der Waals surface area contributed by atoms with Crippen molar-refractivity contribution < 1.29 is 24.7 Å². The Balaban J connectivity index is 2.14. The van der Waals surface area contributed by atoms with E-state index in [1.165, 1.54) is 47.4 Å².